The number of amides is 2. The van der Waals surface area contributed by atoms with Crippen molar-refractivity contribution in [2.75, 3.05) is 0 Å². The zero-order valence-corrected chi connectivity index (χ0v) is 8.57. The molecule has 4 nitrogen and oxygen atoms in total. The molecule has 0 radical (unpaired) electrons. The highest BCUT2D eigenvalue weighted by Crippen LogP contribution is 2.13. The van der Waals surface area contributed by atoms with Gasteiger partial charge in [0.05, 0.1) is 0 Å². The van der Waals surface area contributed by atoms with Gasteiger partial charge in [-0.2, -0.15) is 0 Å². The summed E-state index contributed by atoms with van der Waals surface area (Å²) in [6, 6.07) is 6.13. The molecule has 0 bridgehead atoms. The van der Waals surface area contributed by atoms with E-state index in [0.29, 0.717) is 6.29 Å². The van der Waals surface area contributed by atoms with Crippen molar-refractivity contribution in [3.05, 3.63) is 35.4 Å². The lowest BCUT2D eigenvalue weighted by molar-refractivity contribution is -0.109. The SMILES string of the molecule is CCc1cccc(C(C=O)NC(N)=O)c1. The highest BCUT2D eigenvalue weighted by Gasteiger charge is 2.11. The van der Waals surface area contributed by atoms with Crippen molar-refractivity contribution in [2.24, 2.45) is 5.73 Å². The predicted octanol–water partition coefficient (Wildman–Crippen LogP) is 1.16. The van der Waals surface area contributed by atoms with E-state index in [1.54, 1.807) is 6.07 Å². The van der Waals surface area contributed by atoms with E-state index in [1.165, 1.54) is 0 Å². The average Bonchev–Trinajstić information content (AvgIpc) is 2.25. The topological polar surface area (TPSA) is 72.2 Å². The predicted molar refractivity (Wildman–Crippen MR) is 57.3 cm³/mol. The van der Waals surface area contributed by atoms with Crippen LogP contribution in [0.15, 0.2) is 24.3 Å². The number of hydrogen-bond donors (Lipinski definition) is 2. The summed E-state index contributed by atoms with van der Waals surface area (Å²) in [5, 5.41) is 2.37. The molecule has 1 atom stereocenters. The third-order valence-corrected chi connectivity index (χ3v) is 2.15. The van der Waals surface area contributed by atoms with Crippen LogP contribution < -0.4 is 11.1 Å². The van der Waals surface area contributed by atoms with E-state index in [1.807, 2.05) is 25.1 Å². The van der Waals surface area contributed by atoms with Crippen molar-refractivity contribution in [1.29, 1.82) is 0 Å². The first-order chi connectivity index (χ1) is 7.17. The van der Waals surface area contributed by atoms with Crippen molar-refractivity contribution in [3.8, 4) is 0 Å². The molecule has 0 saturated heterocycles. The number of aldehydes is 1. The number of hydrogen-bond acceptors (Lipinski definition) is 2. The second kappa shape index (κ2) is 5.14. The summed E-state index contributed by atoms with van der Waals surface area (Å²) < 4.78 is 0. The Morgan fingerprint density at radius 2 is 2.33 bits per heavy atom. The summed E-state index contributed by atoms with van der Waals surface area (Å²) in [6.45, 7) is 2.02. The van der Waals surface area contributed by atoms with E-state index in [2.05, 4.69) is 5.32 Å². The van der Waals surface area contributed by atoms with Gasteiger partial charge in [0.15, 0.2) is 0 Å². The fraction of sp³-hybridized carbons (Fsp3) is 0.273. The van der Waals surface area contributed by atoms with Crippen molar-refractivity contribution < 1.29 is 9.59 Å². The van der Waals surface area contributed by atoms with Crippen molar-refractivity contribution in [3.63, 3.8) is 0 Å². The number of carbonyl (C=O) groups is 2. The Labute approximate surface area is 88.5 Å². The zero-order valence-electron chi connectivity index (χ0n) is 8.57. The molecule has 0 heterocycles. The summed E-state index contributed by atoms with van der Waals surface area (Å²) in [4.78, 5) is 21.4. The molecule has 15 heavy (non-hydrogen) atoms. The maximum Gasteiger partial charge on any atom is 0.313 e. The maximum atomic E-state index is 10.8. The third-order valence-electron chi connectivity index (χ3n) is 2.15. The van der Waals surface area contributed by atoms with Gasteiger partial charge in [0.25, 0.3) is 0 Å². The lowest BCUT2D eigenvalue weighted by Crippen LogP contribution is -2.33. The minimum atomic E-state index is -0.700. The molecule has 1 rings (SSSR count). The molecule has 0 fully saturated rings. The van der Waals surface area contributed by atoms with E-state index >= 15 is 0 Å². The van der Waals surface area contributed by atoms with Crippen molar-refractivity contribution >= 4 is 12.3 Å². The number of nitrogens with one attached hydrogen (secondary N) is 1. The Kier molecular flexibility index (Phi) is 3.85. The number of carbonyl (C=O) groups excluding carboxylic acids is 2. The van der Waals surface area contributed by atoms with Crippen LogP contribution in [0, 0.1) is 0 Å². The maximum absolute atomic E-state index is 10.8. The van der Waals surface area contributed by atoms with Crippen LogP contribution >= 0.6 is 0 Å². The van der Waals surface area contributed by atoms with Gasteiger partial charge in [0.1, 0.15) is 12.3 Å². The molecule has 3 N–H and O–H groups in total. The largest absolute Gasteiger partial charge is 0.352 e. The average molecular weight is 206 g/mol. The number of urea groups is 1. The van der Waals surface area contributed by atoms with Gasteiger partial charge in [-0.15, -0.1) is 0 Å². The molecular formula is C11H14N2O2. The fourth-order valence-electron chi connectivity index (χ4n) is 1.36. The molecule has 4 heteroatoms. The molecule has 0 aliphatic heterocycles. The van der Waals surface area contributed by atoms with Gasteiger partial charge in [-0.3, -0.25) is 0 Å². The van der Waals surface area contributed by atoms with Crippen LogP contribution in [0.2, 0.25) is 0 Å². The first kappa shape index (κ1) is 11.2. The number of rotatable bonds is 4. The van der Waals surface area contributed by atoms with Crippen molar-refractivity contribution in [1.82, 2.24) is 5.32 Å². The molecule has 1 aromatic rings. The van der Waals surface area contributed by atoms with Gasteiger partial charge in [-0.1, -0.05) is 31.2 Å². The Morgan fingerprint density at radius 1 is 1.60 bits per heavy atom. The number of aryl methyl sites for hydroxylation is 1. The Bertz CT molecular complexity index is 363. The lowest BCUT2D eigenvalue weighted by Gasteiger charge is -2.11. The van der Waals surface area contributed by atoms with Crippen LogP contribution in [-0.2, 0) is 11.2 Å². The van der Waals surface area contributed by atoms with E-state index in [9.17, 15) is 9.59 Å². The first-order valence-electron chi connectivity index (χ1n) is 4.77. The molecule has 1 aromatic carbocycles. The fourth-order valence-corrected chi connectivity index (χ4v) is 1.36. The normalized spacial score (nSPS) is 11.8. The van der Waals surface area contributed by atoms with Crippen LogP contribution in [0.25, 0.3) is 0 Å². The van der Waals surface area contributed by atoms with E-state index in [-0.39, 0.29) is 0 Å². The van der Waals surface area contributed by atoms with Crippen LogP contribution in [0.3, 0.4) is 0 Å². The van der Waals surface area contributed by atoms with Crippen molar-refractivity contribution in [2.45, 2.75) is 19.4 Å². The van der Waals surface area contributed by atoms with Crippen LogP contribution in [0.4, 0.5) is 4.79 Å². The smallest absolute Gasteiger partial charge is 0.313 e. The molecule has 0 aliphatic rings. The highest BCUT2D eigenvalue weighted by atomic mass is 16.2. The molecule has 0 spiro atoms. The van der Waals surface area contributed by atoms with E-state index < -0.39 is 12.1 Å². The summed E-state index contributed by atoms with van der Waals surface area (Å²) in [5.74, 6) is 0. The molecule has 0 aromatic heterocycles. The molecule has 1 unspecified atom stereocenters. The second-order valence-electron chi connectivity index (χ2n) is 3.22. The summed E-state index contributed by atoms with van der Waals surface area (Å²) in [6.07, 6.45) is 1.55. The van der Waals surface area contributed by atoms with Crippen LogP contribution in [0.5, 0.6) is 0 Å². The molecule has 0 aliphatic carbocycles. The van der Waals surface area contributed by atoms with Crippen LogP contribution in [-0.4, -0.2) is 12.3 Å². The Hall–Kier alpha value is -1.84. The first-order valence-corrected chi connectivity index (χ1v) is 4.77. The Balaban J connectivity index is 2.90. The molecular weight excluding hydrogens is 192 g/mol. The minimum absolute atomic E-state index is 0.658. The summed E-state index contributed by atoms with van der Waals surface area (Å²) in [5.41, 5.74) is 6.84. The number of primary amides is 1. The number of nitrogens with two attached hydrogens (primary N) is 1. The van der Waals surface area contributed by atoms with Gasteiger partial charge < -0.3 is 15.8 Å². The van der Waals surface area contributed by atoms with Crippen LogP contribution in [0.1, 0.15) is 24.1 Å². The Morgan fingerprint density at radius 3 is 2.87 bits per heavy atom. The van der Waals surface area contributed by atoms with Gasteiger partial charge >= 0.3 is 6.03 Å². The van der Waals surface area contributed by atoms with Gasteiger partial charge in [-0.05, 0) is 17.5 Å². The van der Waals surface area contributed by atoms with Gasteiger partial charge in [-0.25, -0.2) is 4.79 Å². The quantitative estimate of drug-likeness (QED) is 0.725. The standard InChI is InChI=1S/C11H14N2O2/c1-2-8-4-3-5-9(6-8)10(7-14)13-11(12)15/h3-7,10H,2H2,1H3,(H3,12,13,15). The second-order valence-corrected chi connectivity index (χ2v) is 3.22. The molecule has 0 saturated carbocycles. The van der Waals surface area contributed by atoms with Gasteiger partial charge in [0, 0.05) is 0 Å². The highest BCUT2D eigenvalue weighted by molar-refractivity contribution is 5.77. The van der Waals surface area contributed by atoms with Gasteiger partial charge in [0.2, 0.25) is 0 Å². The third kappa shape index (κ3) is 3.09. The molecule has 80 valence electrons. The summed E-state index contributed by atoms with van der Waals surface area (Å²) >= 11 is 0. The van der Waals surface area contributed by atoms with E-state index in [0.717, 1.165) is 17.5 Å². The zero-order chi connectivity index (χ0) is 11.3. The monoisotopic (exact) mass is 206 g/mol. The molecule has 2 amide bonds. The summed E-state index contributed by atoms with van der Waals surface area (Å²) in [7, 11) is 0. The minimum Gasteiger partial charge on any atom is -0.352 e. The number of benzene rings is 1. The lowest BCUT2D eigenvalue weighted by atomic mass is 10.0. The van der Waals surface area contributed by atoms with E-state index in [4.69, 9.17) is 5.73 Å².